The second kappa shape index (κ2) is 4.97. The molecule has 3 heteroatoms. The number of allylic oxidation sites excluding steroid dienone is 1. The third-order valence-corrected chi connectivity index (χ3v) is 1.74. The lowest BCUT2D eigenvalue weighted by molar-refractivity contribution is 0.151. The Morgan fingerprint density at radius 1 is 1.38 bits per heavy atom. The third-order valence-electron chi connectivity index (χ3n) is 1.56. The Morgan fingerprint density at radius 2 is 2.15 bits per heavy atom. The van der Waals surface area contributed by atoms with Gasteiger partial charge >= 0.3 is 0 Å². The van der Waals surface area contributed by atoms with Crippen LogP contribution in [0.5, 0.6) is 0 Å². The molecule has 0 N–H and O–H groups in total. The molecule has 0 nitrogen and oxygen atoms in total. The summed E-state index contributed by atoms with van der Waals surface area (Å²) in [5.74, 6) is 0.388. The summed E-state index contributed by atoms with van der Waals surface area (Å²) in [5.41, 5.74) is 0.787. The van der Waals surface area contributed by atoms with E-state index in [0.29, 0.717) is 5.88 Å². The first-order chi connectivity index (χ1) is 6.24. The van der Waals surface area contributed by atoms with Gasteiger partial charge in [-0.1, -0.05) is 30.4 Å². The number of benzene rings is 1. The largest absolute Gasteiger partial charge is 0.263 e. The Bertz CT molecular complexity index is 295. The van der Waals surface area contributed by atoms with Crippen LogP contribution >= 0.6 is 11.6 Å². The predicted molar refractivity (Wildman–Crippen MR) is 51.2 cm³/mol. The number of hydrogen-bond donors (Lipinski definition) is 0. The minimum absolute atomic E-state index is 0.0386. The molecule has 0 aliphatic carbocycles. The fourth-order valence-corrected chi connectivity index (χ4v) is 1.07. The van der Waals surface area contributed by atoms with E-state index in [1.807, 2.05) is 0 Å². The van der Waals surface area contributed by atoms with Crippen LogP contribution in [0.25, 0.3) is 6.08 Å². The quantitative estimate of drug-likeness (QED) is 0.653. The van der Waals surface area contributed by atoms with Crippen molar-refractivity contribution >= 4 is 17.7 Å². The predicted octanol–water partition coefficient (Wildman–Crippen LogP) is 3.88. The maximum Gasteiger partial charge on any atom is 0.263 e. The van der Waals surface area contributed by atoms with Crippen molar-refractivity contribution in [2.45, 2.75) is 6.43 Å². The lowest BCUT2D eigenvalue weighted by atomic mass is 10.1. The van der Waals surface area contributed by atoms with Crippen molar-refractivity contribution in [3.63, 3.8) is 0 Å². The zero-order chi connectivity index (χ0) is 9.68. The van der Waals surface area contributed by atoms with E-state index < -0.39 is 6.43 Å². The van der Waals surface area contributed by atoms with E-state index in [1.165, 1.54) is 12.1 Å². The zero-order valence-electron chi connectivity index (χ0n) is 6.88. The van der Waals surface area contributed by atoms with Gasteiger partial charge in [-0.3, -0.25) is 0 Å². The molecule has 0 unspecified atom stereocenters. The first-order valence-electron chi connectivity index (χ1n) is 3.84. The molecule has 0 fully saturated rings. The standard InChI is InChI=1S/C10H9ClF2/c11-6-2-4-8-3-1-5-9(7-8)10(12)13/h1-5,7,10H,6H2. The molecular weight excluding hydrogens is 194 g/mol. The molecule has 13 heavy (non-hydrogen) atoms. The average molecular weight is 203 g/mol. The average Bonchev–Trinajstić information content (AvgIpc) is 2.15. The highest BCUT2D eigenvalue weighted by Gasteiger charge is 2.05. The van der Waals surface area contributed by atoms with E-state index in [1.54, 1.807) is 24.3 Å². The molecule has 0 aromatic heterocycles. The first kappa shape index (κ1) is 10.2. The van der Waals surface area contributed by atoms with Gasteiger partial charge in [0.2, 0.25) is 0 Å². The number of alkyl halides is 3. The van der Waals surface area contributed by atoms with Crippen LogP contribution in [-0.2, 0) is 0 Å². The highest BCUT2D eigenvalue weighted by atomic mass is 35.5. The van der Waals surface area contributed by atoms with E-state index in [-0.39, 0.29) is 5.56 Å². The minimum Gasteiger partial charge on any atom is -0.205 e. The van der Waals surface area contributed by atoms with Crippen LogP contribution < -0.4 is 0 Å². The molecule has 0 saturated carbocycles. The Morgan fingerprint density at radius 3 is 2.77 bits per heavy atom. The number of rotatable bonds is 3. The van der Waals surface area contributed by atoms with Crippen LogP contribution in [0.4, 0.5) is 8.78 Å². The van der Waals surface area contributed by atoms with Gasteiger partial charge in [-0.25, -0.2) is 8.78 Å². The first-order valence-corrected chi connectivity index (χ1v) is 4.38. The second-order valence-corrected chi connectivity index (χ2v) is 2.84. The van der Waals surface area contributed by atoms with Crippen molar-refractivity contribution in [3.8, 4) is 0 Å². The van der Waals surface area contributed by atoms with Crippen LogP contribution in [-0.4, -0.2) is 5.88 Å². The lowest BCUT2D eigenvalue weighted by Gasteiger charge is -1.99. The molecule has 0 saturated heterocycles. The summed E-state index contributed by atoms with van der Waals surface area (Å²) in [6.45, 7) is 0. The number of hydrogen-bond acceptors (Lipinski definition) is 0. The van der Waals surface area contributed by atoms with Crippen molar-refractivity contribution in [1.82, 2.24) is 0 Å². The fraction of sp³-hybridized carbons (Fsp3) is 0.200. The zero-order valence-corrected chi connectivity index (χ0v) is 7.64. The Kier molecular flexibility index (Phi) is 3.90. The summed E-state index contributed by atoms with van der Waals surface area (Å²) in [6, 6.07) is 6.22. The fourth-order valence-electron chi connectivity index (χ4n) is 0.979. The molecule has 0 radical (unpaired) electrons. The van der Waals surface area contributed by atoms with Crippen molar-refractivity contribution in [1.29, 1.82) is 0 Å². The van der Waals surface area contributed by atoms with Crippen LogP contribution in [0.2, 0.25) is 0 Å². The van der Waals surface area contributed by atoms with Gasteiger partial charge in [0.05, 0.1) is 0 Å². The maximum atomic E-state index is 12.2. The van der Waals surface area contributed by atoms with E-state index in [9.17, 15) is 8.78 Å². The third kappa shape index (κ3) is 3.15. The molecule has 70 valence electrons. The Balaban J connectivity index is 2.85. The molecule has 1 aromatic rings. The van der Waals surface area contributed by atoms with Gasteiger partial charge in [0.1, 0.15) is 0 Å². The van der Waals surface area contributed by atoms with Gasteiger partial charge in [-0.2, -0.15) is 0 Å². The van der Waals surface area contributed by atoms with Gasteiger partial charge < -0.3 is 0 Å². The van der Waals surface area contributed by atoms with Gasteiger partial charge in [-0.05, 0) is 11.6 Å². The molecule has 0 bridgehead atoms. The van der Waals surface area contributed by atoms with Crippen molar-refractivity contribution in [2.75, 3.05) is 5.88 Å². The molecule has 1 aromatic carbocycles. The molecule has 1 rings (SSSR count). The van der Waals surface area contributed by atoms with Crippen molar-refractivity contribution in [2.24, 2.45) is 0 Å². The highest BCUT2D eigenvalue weighted by molar-refractivity contribution is 6.19. The smallest absolute Gasteiger partial charge is 0.205 e. The normalized spacial score (nSPS) is 11.4. The number of halogens is 3. The van der Waals surface area contributed by atoms with E-state index >= 15 is 0 Å². The Labute approximate surface area is 80.8 Å². The van der Waals surface area contributed by atoms with Crippen molar-refractivity contribution < 1.29 is 8.78 Å². The van der Waals surface area contributed by atoms with E-state index in [0.717, 1.165) is 5.56 Å². The molecule has 0 spiro atoms. The maximum absolute atomic E-state index is 12.2. The summed E-state index contributed by atoms with van der Waals surface area (Å²) in [5, 5.41) is 0. The van der Waals surface area contributed by atoms with Gasteiger partial charge in [0.15, 0.2) is 0 Å². The SMILES string of the molecule is FC(F)c1cccc(C=CCCl)c1. The lowest BCUT2D eigenvalue weighted by Crippen LogP contribution is -1.83. The molecule has 0 aliphatic heterocycles. The van der Waals surface area contributed by atoms with Crippen LogP contribution in [0.15, 0.2) is 30.3 Å². The summed E-state index contributed by atoms with van der Waals surface area (Å²) >= 11 is 5.42. The molecule has 0 atom stereocenters. The van der Waals surface area contributed by atoms with E-state index in [4.69, 9.17) is 11.6 Å². The monoisotopic (exact) mass is 202 g/mol. The summed E-state index contributed by atoms with van der Waals surface area (Å²) in [6.07, 6.45) is 1.02. The van der Waals surface area contributed by atoms with Gasteiger partial charge in [0, 0.05) is 11.4 Å². The van der Waals surface area contributed by atoms with Crippen molar-refractivity contribution in [3.05, 3.63) is 41.5 Å². The highest BCUT2D eigenvalue weighted by Crippen LogP contribution is 2.19. The second-order valence-electron chi connectivity index (χ2n) is 2.53. The molecule has 0 aliphatic rings. The Hall–Kier alpha value is -0.890. The van der Waals surface area contributed by atoms with Gasteiger partial charge in [-0.15, -0.1) is 11.6 Å². The van der Waals surface area contributed by atoms with Gasteiger partial charge in [0.25, 0.3) is 6.43 Å². The summed E-state index contributed by atoms with van der Waals surface area (Å²) in [7, 11) is 0. The molecular formula is C10H9ClF2. The van der Waals surface area contributed by atoms with Crippen LogP contribution in [0.3, 0.4) is 0 Å². The minimum atomic E-state index is -2.41. The van der Waals surface area contributed by atoms with E-state index in [2.05, 4.69) is 0 Å². The molecule has 0 amide bonds. The summed E-state index contributed by atoms with van der Waals surface area (Å²) in [4.78, 5) is 0. The summed E-state index contributed by atoms with van der Waals surface area (Å²) < 4.78 is 24.4. The van der Waals surface area contributed by atoms with Crippen LogP contribution in [0.1, 0.15) is 17.6 Å². The van der Waals surface area contributed by atoms with Crippen LogP contribution in [0, 0.1) is 0 Å². The topological polar surface area (TPSA) is 0 Å². The molecule has 0 heterocycles.